The minimum absolute atomic E-state index is 0.0247. The van der Waals surface area contributed by atoms with Crippen LogP contribution in [0.25, 0.3) is 10.9 Å². The molecule has 1 aromatic heterocycles. The smallest absolute Gasteiger partial charge is 0.224 e. The zero-order valence-corrected chi connectivity index (χ0v) is 14.8. The van der Waals surface area contributed by atoms with Crippen LogP contribution in [0.2, 0.25) is 0 Å². The summed E-state index contributed by atoms with van der Waals surface area (Å²) in [5.74, 6) is -0.0247. The molecule has 0 aliphatic rings. The molecule has 3 aromatic rings. The van der Waals surface area contributed by atoms with Crippen LogP contribution >= 0.6 is 15.9 Å². The quantitative estimate of drug-likeness (QED) is 0.717. The number of nitrogens with zero attached hydrogens (tertiary/aromatic N) is 1. The number of benzene rings is 2. The summed E-state index contributed by atoms with van der Waals surface area (Å²) < 4.78 is 0.994. The number of nitrogens with one attached hydrogen (secondary N) is 2. The average molecular weight is 382 g/mol. The molecule has 24 heavy (non-hydrogen) atoms. The van der Waals surface area contributed by atoms with Gasteiger partial charge >= 0.3 is 0 Å². The molecule has 2 N–H and O–H groups in total. The minimum Gasteiger partial charge on any atom is -0.358 e. The van der Waals surface area contributed by atoms with Gasteiger partial charge in [0.1, 0.15) is 0 Å². The van der Waals surface area contributed by atoms with E-state index >= 15 is 0 Å². The van der Waals surface area contributed by atoms with Crippen molar-refractivity contribution in [1.29, 1.82) is 5.26 Å². The average Bonchev–Trinajstić information content (AvgIpc) is 2.89. The van der Waals surface area contributed by atoms with E-state index in [1.807, 2.05) is 37.3 Å². The fraction of sp³-hybridized carbons (Fsp3) is 0.158. The monoisotopic (exact) mass is 381 g/mol. The molecule has 1 heterocycles. The van der Waals surface area contributed by atoms with Gasteiger partial charge in [-0.15, -0.1) is 0 Å². The Morgan fingerprint density at radius 1 is 1.25 bits per heavy atom. The predicted octanol–water partition coefficient (Wildman–Crippen LogP) is 3.97. The molecule has 0 fully saturated rings. The van der Waals surface area contributed by atoms with Gasteiger partial charge in [-0.2, -0.15) is 5.26 Å². The fourth-order valence-corrected chi connectivity index (χ4v) is 3.06. The van der Waals surface area contributed by atoms with Crippen LogP contribution in [0.15, 0.2) is 46.9 Å². The normalized spacial score (nSPS) is 10.5. The summed E-state index contributed by atoms with van der Waals surface area (Å²) in [5.41, 5.74) is 4.65. The number of amides is 1. The van der Waals surface area contributed by atoms with Crippen LogP contribution in [0, 0.1) is 18.3 Å². The first-order chi connectivity index (χ1) is 11.6. The molecule has 0 aliphatic carbocycles. The molecule has 0 saturated carbocycles. The number of H-pyrrole nitrogens is 1. The maximum absolute atomic E-state index is 12.3. The summed E-state index contributed by atoms with van der Waals surface area (Å²) in [6.45, 7) is 2.44. The maximum Gasteiger partial charge on any atom is 0.224 e. The van der Waals surface area contributed by atoms with Gasteiger partial charge in [0.2, 0.25) is 5.91 Å². The lowest BCUT2D eigenvalue weighted by Gasteiger charge is -2.06. The van der Waals surface area contributed by atoms with Crippen molar-refractivity contribution in [2.45, 2.75) is 19.9 Å². The van der Waals surface area contributed by atoms with Crippen molar-refractivity contribution in [3.05, 3.63) is 69.3 Å². The zero-order valence-electron chi connectivity index (χ0n) is 13.2. The maximum atomic E-state index is 12.3. The number of carbonyl (C=O) groups excluding carboxylic acids is 1. The van der Waals surface area contributed by atoms with E-state index in [2.05, 4.69) is 32.3 Å². The van der Waals surface area contributed by atoms with E-state index in [1.165, 1.54) is 0 Å². The number of aromatic nitrogens is 1. The summed E-state index contributed by atoms with van der Waals surface area (Å²) in [5, 5.41) is 12.8. The van der Waals surface area contributed by atoms with Crippen molar-refractivity contribution in [2.24, 2.45) is 0 Å². The van der Waals surface area contributed by atoms with Crippen LogP contribution in [0.4, 0.5) is 0 Å². The van der Waals surface area contributed by atoms with Gasteiger partial charge in [0.15, 0.2) is 0 Å². The second-order valence-corrected chi connectivity index (χ2v) is 6.60. The van der Waals surface area contributed by atoms with E-state index < -0.39 is 0 Å². The Morgan fingerprint density at radius 2 is 2.00 bits per heavy atom. The molecular weight excluding hydrogens is 366 g/mol. The first kappa shape index (κ1) is 16.3. The van der Waals surface area contributed by atoms with Crippen molar-refractivity contribution < 1.29 is 4.79 Å². The fourth-order valence-electron chi connectivity index (χ4n) is 2.70. The molecular formula is C19H16BrN3O. The molecule has 0 atom stereocenters. The van der Waals surface area contributed by atoms with E-state index in [4.69, 9.17) is 5.26 Å². The number of hydrogen-bond donors (Lipinski definition) is 2. The number of carbonyl (C=O) groups is 1. The molecule has 0 bridgehead atoms. The summed E-state index contributed by atoms with van der Waals surface area (Å²) in [6.07, 6.45) is 0.332. The van der Waals surface area contributed by atoms with Crippen LogP contribution in [-0.4, -0.2) is 10.9 Å². The van der Waals surface area contributed by atoms with Crippen LogP contribution in [0.5, 0.6) is 0 Å². The van der Waals surface area contributed by atoms with E-state index in [9.17, 15) is 4.79 Å². The number of fused-ring (bicyclic) bond motifs is 1. The van der Waals surface area contributed by atoms with E-state index in [0.717, 1.165) is 32.2 Å². The third-order valence-electron chi connectivity index (χ3n) is 3.99. The summed E-state index contributed by atoms with van der Waals surface area (Å²) >= 11 is 3.48. The van der Waals surface area contributed by atoms with Gasteiger partial charge in [-0.1, -0.05) is 28.1 Å². The standard InChI is InChI=1S/C19H16BrN3O/c1-12-16(17-8-15(20)6-7-18(17)23-12)9-19(24)22-11-14-4-2-13(10-21)3-5-14/h2-8,23H,9,11H2,1H3,(H,22,24). The SMILES string of the molecule is Cc1[nH]c2ccc(Br)cc2c1CC(=O)NCc1ccc(C#N)cc1. The van der Waals surface area contributed by atoms with Gasteiger partial charge in [0, 0.05) is 27.6 Å². The molecule has 120 valence electrons. The lowest BCUT2D eigenvalue weighted by molar-refractivity contribution is -0.120. The largest absolute Gasteiger partial charge is 0.358 e. The first-order valence-corrected chi connectivity index (χ1v) is 8.38. The third kappa shape index (κ3) is 3.50. The summed E-state index contributed by atoms with van der Waals surface area (Å²) in [7, 11) is 0. The second-order valence-electron chi connectivity index (χ2n) is 5.68. The predicted molar refractivity (Wildman–Crippen MR) is 97.4 cm³/mol. The van der Waals surface area contributed by atoms with Crippen molar-refractivity contribution in [1.82, 2.24) is 10.3 Å². The highest BCUT2D eigenvalue weighted by Crippen LogP contribution is 2.26. The Balaban J connectivity index is 1.69. The van der Waals surface area contributed by atoms with Crippen molar-refractivity contribution >= 4 is 32.7 Å². The van der Waals surface area contributed by atoms with Crippen LogP contribution < -0.4 is 5.32 Å². The Morgan fingerprint density at radius 3 is 2.71 bits per heavy atom. The lowest BCUT2D eigenvalue weighted by atomic mass is 10.1. The van der Waals surface area contributed by atoms with Crippen molar-refractivity contribution in [2.75, 3.05) is 0 Å². The van der Waals surface area contributed by atoms with Gasteiger partial charge in [-0.25, -0.2) is 0 Å². The van der Waals surface area contributed by atoms with Crippen molar-refractivity contribution in [3.63, 3.8) is 0 Å². The lowest BCUT2D eigenvalue weighted by Crippen LogP contribution is -2.24. The first-order valence-electron chi connectivity index (χ1n) is 7.59. The highest BCUT2D eigenvalue weighted by molar-refractivity contribution is 9.10. The molecule has 3 rings (SSSR count). The summed E-state index contributed by atoms with van der Waals surface area (Å²) in [4.78, 5) is 15.6. The third-order valence-corrected chi connectivity index (χ3v) is 4.48. The van der Waals surface area contributed by atoms with Gasteiger partial charge in [-0.05, 0) is 48.4 Å². The van der Waals surface area contributed by atoms with Crippen LogP contribution in [0.1, 0.15) is 22.4 Å². The molecule has 5 heteroatoms. The molecule has 0 saturated heterocycles. The molecule has 0 spiro atoms. The number of hydrogen-bond acceptors (Lipinski definition) is 2. The molecule has 2 aromatic carbocycles. The Labute approximate surface area is 148 Å². The van der Waals surface area contributed by atoms with Crippen LogP contribution in [-0.2, 0) is 17.8 Å². The van der Waals surface area contributed by atoms with Crippen LogP contribution in [0.3, 0.4) is 0 Å². The molecule has 0 radical (unpaired) electrons. The van der Waals surface area contributed by atoms with E-state index in [-0.39, 0.29) is 5.91 Å². The van der Waals surface area contributed by atoms with Gasteiger partial charge in [-0.3, -0.25) is 4.79 Å². The highest BCUT2D eigenvalue weighted by Gasteiger charge is 2.12. The number of nitriles is 1. The highest BCUT2D eigenvalue weighted by atomic mass is 79.9. The van der Waals surface area contributed by atoms with Gasteiger partial charge in [0.25, 0.3) is 0 Å². The topological polar surface area (TPSA) is 68.7 Å². The number of aromatic amines is 1. The minimum atomic E-state index is -0.0247. The second kappa shape index (κ2) is 6.90. The van der Waals surface area contributed by atoms with E-state index in [1.54, 1.807) is 12.1 Å². The zero-order chi connectivity index (χ0) is 17.1. The Bertz CT molecular complexity index is 936. The Hall–Kier alpha value is -2.58. The van der Waals surface area contributed by atoms with Gasteiger partial charge in [0.05, 0.1) is 18.1 Å². The Kier molecular flexibility index (Phi) is 4.68. The van der Waals surface area contributed by atoms with E-state index in [0.29, 0.717) is 18.5 Å². The molecule has 0 aliphatic heterocycles. The number of halogens is 1. The molecule has 4 nitrogen and oxygen atoms in total. The number of rotatable bonds is 4. The molecule has 1 amide bonds. The van der Waals surface area contributed by atoms with Crippen molar-refractivity contribution in [3.8, 4) is 6.07 Å². The van der Waals surface area contributed by atoms with Gasteiger partial charge < -0.3 is 10.3 Å². The molecule has 0 unspecified atom stereocenters. The number of aryl methyl sites for hydroxylation is 1. The summed E-state index contributed by atoms with van der Waals surface area (Å²) in [6, 6.07) is 15.3.